The number of nitrogens with zero attached hydrogens (tertiary/aromatic N) is 4. The summed E-state index contributed by atoms with van der Waals surface area (Å²) in [6.07, 6.45) is 7.49. The molecule has 0 radical (unpaired) electrons. The standard InChI is InChI=1S/C24H20ClN5S/c25-18-5-3-6-19(15-18)29-14-4-8-21(29)23-22(20-7-1-2-11-27-20)28-24(31)30(23)16-17-9-12-26-13-10-17/h1-15,22-23H,16H2,(H,28,31)/t22-,23-/m0/s1. The fourth-order valence-electron chi connectivity index (χ4n) is 4.08. The van der Waals surface area contributed by atoms with Crippen molar-refractivity contribution in [3.8, 4) is 5.69 Å². The molecule has 31 heavy (non-hydrogen) atoms. The maximum Gasteiger partial charge on any atom is 0.170 e. The summed E-state index contributed by atoms with van der Waals surface area (Å²) in [7, 11) is 0. The third kappa shape index (κ3) is 3.92. The SMILES string of the molecule is S=C1N[C@@H](c2ccccn2)[C@H](c2cccn2-c2cccc(Cl)c2)N1Cc1ccncc1. The van der Waals surface area contributed by atoms with E-state index in [1.807, 2.05) is 67.1 Å². The summed E-state index contributed by atoms with van der Waals surface area (Å²) in [5.74, 6) is 0. The van der Waals surface area contributed by atoms with E-state index in [0.717, 1.165) is 22.6 Å². The molecule has 0 saturated carbocycles. The van der Waals surface area contributed by atoms with Crippen molar-refractivity contribution in [2.24, 2.45) is 0 Å². The summed E-state index contributed by atoms with van der Waals surface area (Å²) in [6, 6.07) is 21.9. The topological polar surface area (TPSA) is 46.0 Å². The van der Waals surface area contributed by atoms with Crippen molar-refractivity contribution in [3.63, 3.8) is 0 Å². The van der Waals surface area contributed by atoms with Gasteiger partial charge >= 0.3 is 0 Å². The molecule has 4 heterocycles. The number of aromatic nitrogens is 3. The number of benzene rings is 1. The largest absolute Gasteiger partial charge is 0.352 e. The predicted molar refractivity (Wildman–Crippen MR) is 126 cm³/mol. The van der Waals surface area contributed by atoms with Gasteiger partial charge in [-0.2, -0.15) is 0 Å². The van der Waals surface area contributed by atoms with Crippen molar-refractivity contribution < 1.29 is 0 Å². The highest BCUT2D eigenvalue weighted by atomic mass is 35.5. The Balaban J connectivity index is 1.61. The van der Waals surface area contributed by atoms with Crippen LogP contribution in [0, 0.1) is 0 Å². The highest BCUT2D eigenvalue weighted by molar-refractivity contribution is 7.80. The van der Waals surface area contributed by atoms with Gasteiger partial charge in [-0.05, 0) is 72.4 Å². The molecule has 4 aromatic rings. The van der Waals surface area contributed by atoms with Gasteiger partial charge in [0.1, 0.15) is 0 Å². The molecule has 7 heteroatoms. The molecule has 1 saturated heterocycles. The Morgan fingerprint density at radius 2 is 1.84 bits per heavy atom. The minimum absolute atomic E-state index is 0.0513. The summed E-state index contributed by atoms with van der Waals surface area (Å²) >= 11 is 12.1. The summed E-state index contributed by atoms with van der Waals surface area (Å²) in [6.45, 7) is 0.670. The molecule has 5 nitrogen and oxygen atoms in total. The van der Waals surface area contributed by atoms with Crippen LogP contribution in [-0.2, 0) is 6.54 Å². The Hall–Kier alpha value is -3.22. The molecule has 1 aliphatic rings. The number of pyridine rings is 2. The van der Waals surface area contributed by atoms with Crippen LogP contribution >= 0.6 is 23.8 Å². The van der Waals surface area contributed by atoms with E-state index in [4.69, 9.17) is 23.8 Å². The smallest absolute Gasteiger partial charge is 0.170 e. The van der Waals surface area contributed by atoms with Crippen molar-refractivity contribution >= 4 is 28.9 Å². The first-order chi connectivity index (χ1) is 15.2. The number of nitrogens with one attached hydrogen (secondary N) is 1. The Morgan fingerprint density at radius 3 is 2.61 bits per heavy atom. The van der Waals surface area contributed by atoms with Crippen molar-refractivity contribution in [1.82, 2.24) is 24.8 Å². The number of hydrogen-bond acceptors (Lipinski definition) is 3. The van der Waals surface area contributed by atoms with Crippen LogP contribution in [0.1, 0.15) is 29.0 Å². The lowest BCUT2D eigenvalue weighted by atomic mass is 10.0. The maximum atomic E-state index is 6.28. The highest BCUT2D eigenvalue weighted by Crippen LogP contribution is 2.40. The molecule has 2 atom stereocenters. The minimum atomic E-state index is -0.0802. The number of halogens is 1. The first-order valence-corrected chi connectivity index (χ1v) is 10.8. The van der Waals surface area contributed by atoms with E-state index in [-0.39, 0.29) is 12.1 Å². The predicted octanol–water partition coefficient (Wildman–Crippen LogP) is 5.09. The van der Waals surface area contributed by atoms with Crippen molar-refractivity contribution in [1.29, 1.82) is 0 Å². The van der Waals surface area contributed by atoms with Gasteiger partial charge < -0.3 is 14.8 Å². The van der Waals surface area contributed by atoms with Crippen molar-refractivity contribution in [2.75, 3.05) is 0 Å². The molecule has 0 aliphatic carbocycles. The zero-order chi connectivity index (χ0) is 21.2. The zero-order valence-electron chi connectivity index (χ0n) is 16.6. The van der Waals surface area contributed by atoms with E-state index in [0.29, 0.717) is 16.7 Å². The molecule has 1 aromatic carbocycles. The molecule has 1 N–H and O–H groups in total. The Kier molecular flexibility index (Phi) is 5.40. The summed E-state index contributed by atoms with van der Waals surface area (Å²) in [5, 5.41) is 4.91. The van der Waals surface area contributed by atoms with E-state index in [1.54, 1.807) is 0 Å². The van der Waals surface area contributed by atoms with Crippen LogP contribution in [0.4, 0.5) is 0 Å². The Morgan fingerprint density at radius 1 is 0.968 bits per heavy atom. The average molecular weight is 446 g/mol. The summed E-state index contributed by atoms with van der Waals surface area (Å²) in [5.41, 5.74) is 4.21. The number of thiocarbonyl (C=S) groups is 1. The van der Waals surface area contributed by atoms with E-state index in [9.17, 15) is 0 Å². The number of hydrogen-bond donors (Lipinski definition) is 1. The van der Waals surface area contributed by atoms with Gasteiger partial charge in [-0.25, -0.2) is 0 Å². The van der Waals surface area contributed by atoms with Gasteiger partial charge in [0.2, 0.25) is 0 Å². The van der Waals surface area contributed by atoms with E-state index < -0.39 is 0 Å². The molecule has 0 amide bonds. The fraction of sp³-hybridized carbons (Fsp3) is 0.125. The minimum Gasteiger partial charge on any atom is -0.352 e. The van der Waals surface area contributed by atoms with Gasteiger partial charge in [0.15, 0.2) is 5.11 Å². The molecular weight excluding hydrogens is 426 g/mol. The van der Waals surface area contributed by atoms with Crippen LogP contribution in [0.5, 0.6) is 0 Å². The quantitative estimate of drug-likeness (QED) is 0.433. The molecule has 0 bridgehead atoms. The van der Waals surface area contributed by atoms with Gasteiger partial charge in [0.05, 0.1) is 17.8 Å². The Bertz CT molecular complexity index is 1190. The van der Waals surface area contributed by atoms with Crippen LogP contribution in [-0.4, -0.2) is 24.5 Å². The molecule has 154 valence electrons. The van der Waals surface area contributed by atoms with Gasteiger partial charge in [0.25, 0.3) is 0 Å². The third-order valence-corrected chi connectivity index (χ3v) is 6.06. The fourth-order valence-corrected chi connectivity index (χ4v) is 4.57. The van der Waals surface area contributed by atoms with Crippen LogP contribution in [0.15, 0.2) is 91.5 Å². The second kappa shape index (κ2) is 8.49. The Labute approximate surface area is 191 Å². The molecule has 5 rings (SSSR count). The van der Waals surface area contributed by atoms with Crippen LogP contribution < -0.4 is 5.32 Å². The van der Waals surface area contributed by atoms with E-state index in [2.05, 4.69) is 49.1 Å². The number of rotatable bonds is 5. The molecule has 1 fully saturated rings. The van der Waals surface area contributed by atoms with Crippen molar-refractivity contribution in [3.05, 3.63) is 113 Å². The van der Waals surface area contributed by atoms with Crippen LogP contribution in [0.25, 0.3) is 5.69 Å². The van der Waals surface area contributed by atoms with E-state index in [1.165, 1.54) is 0 Å². The molecule has 3 aromatic heterocycles. The van der Waals surface area contributed by atoms with E-state index >= 15 is 0 Å². The van der Waals surface area contributed by atoms with Gasteiger partial charge in [-0.15, -0.1) is 0 Å². The average Bonchev–Trinajstić information content (AvgIpc) is 3.40. The molecule has 1 aliphatic heterocycles. The maximum absolute atomic E-state index is 6.28. The molecule has 0 spiro atoms. The monoisotopic (exact) mass is 445 g/mol. The normalized spacial score (nSPS) is 18.2. The highest BCUT2D eigenvalue weighted by Gasteiger charge is 2.41. The van der Waals surface area contributed by atoms with Gasteiger partial charge in [0, 0.05) is 47.7 Å². The lowest BCUT2D eigenvalue weighted by Crippen LogP contribution is -2.30. The first-order valence-electron chi connectivity index (χ1n) is 10.0. The van der Waals surface area contributed by atoms with Gasteiger partial charge in [-0.1, -0.05) is 23.7 Å². The van der Waals surface area contributed by atoms with Crippen LogP contribution in [0.2, 0.25) is 5.02 Å². The molecule has 0 unspecified atom stereocenters. The third-order valence-electron chi connectivity index (χ3n) is 5.47. The lowest BCUT2D eigenvalue weighted by molar-refractivity contribution is 0.302. The second-order valence-electron chi connectivity index (χ2n) is 7.39. The van der Waals surface area contributed by atoms with Crippen molar-refractivity contribution in [2.45, 2.75) is 18.6 Å². The second-order valence-corrected chi connectivity index (χ2v) is 8.22. The van der Waals surface area contributed by atoms with Crippen LogP contribution in [0.3, 0.4) is 0 Å². The summed E-state index contributed by atoms with van der Waals surface area (Å²) < 4.78 is 2.17. The lowest BCUT2D eigenvalue weighted by Gasteiger charge is -2.29. The summed E-state index contributed by atoms with van der Waals surface area (Å²) in [4.78, 5) is 11.0. The molecular formula is C24H20ClN5S. The zero-order valence-corrected chi connectivity index (χ0v) is 18.2. The first kappa shape index (κ1) is 19.7. The van der Waals surface area contributed by atoms with Gasteiger partial charge in [-0.3, -0.25) is 9.97 Å².